The van der Waals surface area contributed by atoms with Crippen molar-refractivity contribution in [3.8, 4) is 0 Å². The van der Waals surface area contributed by atoms with E-state index in [4.69, 9.17) is 0 Å². The van der Waals surface area contributed by atoms with Gasteiger partial charge in [0.1, 0.15) is 0 Å². The topological polar surface area (TPSA) is 29.1 Å². The standard InChI is InChI=1S/C11H10BrNOS2/c1-7(8-4-5-15-6-8)13-11(14)9-2-3-10(12)16-9/h2-7H,1H3,(H,13,14). The van der Waals surface area contributed by atoms with Crippen LogP contribution in [0.3, 0.4) is 0 Å². The molecule has 0 fully saturated rings. The summed E-state index contributed by atoms with van der Waals surface area (Å²) in [5.41, 5.74) is 1.15. The fourth-order valence-corrected chi connectivity index (χ4v) is 3.35. The molecule has 0 radical (unpaired) electrons. The second-order valence-electron chi connectivity index (χ2n) is 3.36. The van der Waals surface area contributed by atoms with Crippen LogP contribution in [0.5, 0.6) is 0 Å². The first-order valence-electron chi connectivity index (χ1n) is 4.75. The molecule has 0 saturated heterocycles. The SMILES string of the molecule is CC(NC(=O)c1ccc(Br)s1)c1ccsc1. The molecule has 1 amide bonds. The molecule has 2 nitrogen and oxygen atoms in total. The second kappa shape index (κ2) is 5.12. The molecule has 1 N–H and O–H groups in total. The predicted octanol–water partition coefficient (Wildman–Crippen LogP) is 4.06. The molecule has 2 rings (SSSR count). The van der Waals surface area contributed by atoms with Gasteiger partial charge in [0, 0.05) is 0 Å². The predicted molar refractivity (Wildman–Crippen MR) is 72.2 cm³/mol. The van der Waals surface area contributed by atoms with Gasteiger partial charge in [-0.3, -0.25) is 4.79 Å². The van der Waals surface area contributed by atoms with Crippen LogP contribution in [0.1, 0.15) is 28.2 Å². The van der Waals surface area contributed by atoms with Gasteiger partial charge < -0.3 is 5.32 Å². The first kappa shape index (κ1) is 11.8. The van der Waals surface area contributed by atoms with E-state index in [0.717, 1.165) is 14.2 Å². The summed E-state index contributed by atoms with van der Waals surface area (Å²) in [7, 11) is 0. The lowest BCUT2D eigenvalue weighted by Crippen LogP contribution is -2.25. The van der Waals surface area contributed by atoms with E-state index in [2.05, 4.69) is 26.6 Å². The zero-order valence-electron chi connectivity index (χ0n) is 8.57. The van der Waals surface area contributed by atoms with Crippen LogP contribution in [0.15, 0.2) is 32.7 Å². The molecule has 84 valence electrons. The summed E-state index contributed by atoms with van der Waals surface area (Å²) < 4.78 is 0.973. The first-order valence-corrected chi connectivity index (χ1v) is 7.30. The van der Waals surface area contributed by atoms with Crippen molar-refractivity contribution in [2.75, 3.05) is 0 Å². The van der Waals surface area contributed by atoms with Gasteiger partial charge in [-0.25, -0.2) is 0 Å². The zero-order valence-corrected chi connectivity index (χ0v) is 11.8. The Bertz CT molecular complexity index is 478. The van der Waals surface area contributed by atoms with Gasteiger partial charge in [-0.05, 0) is 57.4 Å². The van der Waals surface area contributed by atoms with Crippen molar-refractivity contribution in [2.45, 2.75) is 13.0 Å². The molecule has 2 heterocycles. The highest BCUT2D eigenvalue weighted by molar-refractivity contribution is 9.11. The number of thiophene rings is 2. The van der Waals surface area contributed by atoms with Crippen molar-refractivity contribution in [1.82, 2.24) is 5.32 Å². The van der Waals surface area contributed by atoms with E-state index < -0.39 is 0 Å². The molecule has 0 aromatic carbocycles. The van der Waals surface area contributed by atoms with Crippen LogP contribution < -0.4 is 5.32 Å². The van der Waals surface area contributed by atoms with Crippen LogP contribution in [-0.4, -0.2) is 5.91 Å². The maximum absolute atomic E-state index is 11.8. The van der Waals surface area contributed by atoms with Gasteiger partial charge in [0.25, 0.3) is 5.91 Å². The molecule has 2 aromatic heterocycles. The van der Waals surface area contributed by atoms with E-state index >= 15 is 0 Å². The minimum atomic E-state index is -0.0191. The molecule has 0 saturated carbocycles. The normalized spacial score (nSPS) is 12.4. The Labute approximate surface area is 110 Å². The monoisotopic (exact) mass is 315 g/mol. The van der Waals surface area contributed by atoms with Gasteiger partial charge in [-0.2, -0.15) is 11.3 Å². The van der Waals surface area contributed by atoms with E-state index in [0.29, 0.717) is 0 Å². The first-order chi connectivity index (χ1) is 7.66. The summed E-state index contributed by atoms with van der Waals surface area (Å²) in [4.78, 5) is 12.6. The van der Waals surface area contributed by atoms with Crippen LogP contribution in [-0.2, 0) is 0 Å². The molecule has 1 unspecified atom stereocenters. The lowest BCUT2D eigenvalue weighted by Gasteiger charge is -2.11. The van der Waals surface area contributed by atoms with E-state index in [-0.39, 0.29) is 11.9 Å². The highest BCUT2D eigenvalue weighted by atomic mass is 79.9. The lowest BCUT2D eigenvalue weighted by atomic mass is 10.2. The number of hydrogen-bond acceptors (Lipinski definition) is 3. The highest BCUT2D eigenvalue weighted by Gasteiger charge is 2.13. The maximum Gasteiger partial charge on any atom is 0.261 e. The Morgan fingerprint density at radius 2 is 2.25 bits per heavy atom. The summed E-state index contributed by atoms with van der Waals surface area (Å²) in [6.07, 6.45) is 0. The van der Waals surface area contributed by atoms with Crippen molar-refractivity contribution < 1.29 is 4.79 Å². The molecule has 0 spiro atoms. The van der Waals surface area contributed by atoms with Gasteiger partial charge in [0.15, 0.2) is 0 Å². The van der Waals surface area contributed by atoms with E-state index in [1.54, 1.807) is 11.3 Å². The van der Waals surface area contributed by atoms with Gasteiger partial charge in [-0.15, -0.1) is 11.3 Å². The zero-order chi connectivity index (χ0) is 11.5. The Balaban J connectivity index is 2.03. The Kier molecular flexibility index (Phi) is 3.78. The molecule has 0 aliphatic carbocycles. The summed E-state index contributed by atoms with van der Waals surface area (Å²) in [6, 6.07) is 5.79. The second-order valence-corrected chi connectivity index (χ2v) is 6.60. The van der Waals surface area contributed by atoms with E-state index in [9.17, 15) is 4.79 Å². The molecular weight excluding hydrogens is 306 g/mol. The third-order valence-corrected chi connectivity index (χ3v) is 4.51. The van der Waals surface area contributed by atoms with Crippen molar-refractivity contribution in [2.24, 2.45) is 0 Å². The Morgan fingerprint density at radius 3 is 2.81 bits per heavy atom. The Hall–Kier alpha value is -0.650. The maximum atomic E-state index is 11.8. The number of hydrogen-bond donors (Lipinski definition) is 1. The quantitative estimate of drug-likeness (QED) is 0.909. The average Bonchev–Trinajstić information content (AvgIpc) is 2.87. The minimum absolute atomic E-state index is 0.0191. The highest BCUT2D eigenvalue weighted by Crippen LogP contribution is 2.23. The number of carbonyl (C=O) groups is 1. The minimum Gasteiger partial charge on any atom is -0.345 e. The fraction of sp³-hybridized carbons (Fsp3) is 0.182. The molecular formula is C11H10BrNOS2. The third-order valence-electron chi connectivity index (χ3n) is 2.19. The number of rotatable bonds is 3. The average molecular weight is 316 g/mol. The molecule has 1 atom stereocenters. The lowest BCUT2D eigenvalue weighted by molar-refractivity contribution is 0.0944. The largest absolute Gasteiger partial charge is 0.345 e. The number of amides is 1. The Morgan fingerprint density at radius 1 is 1.44 bits per heavy atom. The number of nitrogens with one attached hydrogen (secondary N) is 1. The number of halogens is 1. The molecule has 0 bridgehead atoms. The molecule has 0 aliphatic heterocycles. The molecule has 0 aliphatic rings. The molecule has 16 heavy (non-hydrogen) atoms. The smallest absolute Gasteiger partial charge is 0.261 e. The van der Waals surface area contributed by atoms with Crippen LogP contribution >= 0.6 is 38.6 Å². The van der Waals surface area contributed by atoms with E-state index in [1.165, 1.54) is 11.3 Å². The summed E-state index contributed by atoms with van der Waals surface area (Å²) in [5, 5.41) is 7.03. The molecule has 2 aromatic rings. The number of carbonyl (C=O) groups excluding carboxylic acids is 1. The van der Waals surface area contributed by atoms with Crippen molar-refractivity contribution in [3.05, 3.63) is 43.2 Å². The molecule has 5 heteroatoms. The van der Waals surface area contributed by atoms with Crippen molar-refractivity contribution >= 4 is 44.5 Å². The van der Waals surface area contributed by atoms with Gasteiger partial charge in [0.05, 0.1) is 14.7 Å². The van der Waals surface area contributed by atoms with Crippen LogP contribution in [0.2, 0.25) is 0 Å². The van der Waals surface area contributed by atoms with Crippen molar-refractivity contribution in [1.29, 1.82) is 0 Å². The van der Waals surface area contributed by atoms with Gasteiger partial charge in [0.2, 0.25) is 0 Å². The van der Waals surface area contributed by atoms with Gasteiger partial charge in [-0.1, -0.05) is 0 Å². The fourth-order valence-electron chi connectivity index (χ4n) is 1.31. The van der Waals surface area contributed by atoms with Crippen LogP contribution in [0.25, 0.3) is 0 Å². The summed E-state index contributed by atoms with van der Waals surface area (Å²) in [6.45, 7) is 1.99. The van der Waals surface area contributed by atoms with Crippen LogP contribution in [0.4, 0.5) is 0 Å². The summed E-state index contributed by atoms with van der Waals surface area (Å²) >= 11 is 6.43. The van der Waals surface area contributed by atoms with Gasteiger partial charge >= 0.3 is 0 Å². The van der Waals surface area contributed by atoms with E-state index in [1.807, 2.05) is 30.5 Å². The third kappa shape index (κ3) is 2.72. The summed E-state index contributed by atoms with van der Waals surface area (Å²) in [5.74, 6) is -0.0191. The van der Waals surface area contributed by atoms with Crippen LogP contribution in [0, 0.1) is 0 Å². The van der Waals surface area contributed by atoms with Crippen molar-refractivity contribution in [3.63, 3.8) is 0 Å².